The third-order valence-corrected chi connectivity index (χ3v) is 4.88. The van der Waals surface area contributed by atoms with Crippen LogP contribution in [0.4, 0.5) is 11.6 Å². The number of aromatic nitrogens is 4. The molecule has 0 aliphatic heterocycles. The minimum Gasteiger partial charge on any atom is -0.325 e. The van der Waals surface area contributed by atoms with Crippen LogP contribution in [0.2, 0.25) is 0 Å². The molecule has 0 atom stereocenters. The first-order chi connectivity index (χ1) is 12.7. The predicted molar refractivity (Wildman–Crippen MR) is 108 cm³/mol. The summed E-state index contributed by atoms with van der Waals surface area (Å²) >= 11 is 1.82. The number of para-hydroxylation sites is 1. The van der Waals surface area contributed by atoms with E-state index in [2.05, 4.69) is 46.7 Å². The van der Waals surface area contributed by atoms with Gasteiger partial charge in [-0.3, -0.25) is 5.10 Å². The number of aromatic amines is 1. The monoisotopic (exact) mass is 361 g/mol. The Hall–Kier alpha value is -2.86. The number of rotatable bonds is 5. The molecule has 0 fully saturated rings. The summed E-state index contributed by atoms with van der Waals surface area (Å²) in [5, 5.41) is 11.5. The Labute approximate surface area is 156 Å². The zero-order valence-corrected chi connectivity index (χ0v) is 15.5. The van der Waals surface area contributed by atoms with Crippen LogP contribution in [0, 0.1) is 6.92 Å². The Morgan fingerprint density at radius 2 is 1.85 bits per heavy atom. The predicted octanol–water partition coefficient (Wildman–Crippen LogP) is 5.18. The third-order valence-electron chi connectivity index (χ3n) is 3.99. The van der Waals surface area contributed by atoms with E-state index in [1.807, 2.05) is 49.0 Å². The van der Waals surface area contributed by atoms with Gasteiger partial charge in [-0.1, -0.05) is 31.2 Å². The van der Waals surface area contributed by atoms with Gasteiger partial charge in [0.1, 0.15) is 11.6 Å². The first kappa shape index (κ1) is 16.6. The molecule has 2 N–H and O–H groups in total. The van der Waals surface area contributed by atoms with E-state index in [1.165, 1.54) is 4.90 Å². The number of hydrogen-bond acceptors (Lipinski definition) is 5. The fraction of sp³-hybridized carbons (Fsp3) is 0.150. The lowest BCUT2D eigenvalue weighted by atomic mass is 10.2. The van der Waals surface area contributed by atoms with Gasteiger partial charge >= 0.3 is 0 Å². The summed E-state index contributed by atoms with van der Waals surface area (Å²) in [5.41, 5.74) is 2.83. The first-order valence-electron chi connectivity index (χ1n) is 8.52. The molecule has 2 heterocycles. The van der Waals surface area contributed by atoms with Gasteiger partial charge in [-0.05, 0) is 36.9 Å². The molecule has 6 heteroatoms. The van der Waals surface area contributed by atoms with Crippen molar-refractivity contribution in [2.24, 2.45) is 0 Å². The molecule has 2 aromatic heterocycles. The summed E-state index contributed by atoms with van der Waals surface area (Å²) in [6, 6.07) is 18.3. The molecule has 0 unspecified atom stereocenters. The van der Waals surface area contributed by atoms with Crippen molar-refractivity contribution in [3.63, 3.8) is 0 Å². The topological polar surface area (TPSA) is 66.5 Å². The summed E-state index contributed by atoms with van der Waals surface area (Å²) in [6.07, 6.45) is 0. The van der Waals surface area contributed by atoms with Crippen LogP contribution in [-0.4, -0.2) is 25.9 Å². The second-order valence-corrected chi connectivity index (χ2v) is 7.26. The number of benzene rings is 2. The third kappa shape index (κ3) is 3.41. The second-order valence-electron chi connectivity index (χ2n) is 5.92. The number of H-pyrrole nitrogens is 1. The molecule has 4 aromatic rings. The summed E-state index contributed by atoms with van der Waals surface area (Å²) in [5.74, 6) is 3.34. The van der Waals surface area contributed by atoms with Crippen LogP contribution in [0.25, 0.3) is 22.3 Å². The number of aryl methyl sites for hydroxylation is 1. The fourth-order valence-corrected chi connectivity index (χ4v) is 3.44. The van der Waals surface area contributed by atoms with Crippen molar-refractivity contribution in [3.8, 4) is 11.4 Å². The molecule has 0 aliphatic carbocycles. The van der Waals surface area contributed by atoms with Crippen LogP contribution >= 0.6 is 11.8 Å². The average Bonchev–Trinajstić information content (AvgIpc) is 3.07. The maximum absolute atomic E-state index is 4.77. The number of nitrogens with one attached hydrogen (secondary N) is 2. The quantitative estimate of drug-likeness (QED) is 0.479. The molecule has 4 rings (SSSR count). The number of anilines is 2. The molecule has 26 heavy (non-hydrogen) atoms. The van der Waals surface area contributed by atoms with Crippen LogP contribution in [0.1, 0.15) is 12.6 Å². The molecule has 0 bridgehead atoms. The van der Waals surface area contributed by atoms with Gasteiger partial charge in [0, 0.05) is 21.9 Å². The van der Waals surface area contributed by atoms with Crippen molar-refractivity contribution in [2.45, 2.75) is 18.7 Å². The highest BCUT2D eigenvalue weighted by Gasteiger charge is 2.10. The molecule has 0 aliphatic rings. The Morgan fingerprint density at radius 3 is 2.58 bits per heavy atom. The Morgan fingerprint density at radius 1 is 1.04 bits per heavy atom. The van der Waals surface area contributed by atoms with Gasteiger partial charge in [-0.2, -0.15) is 5.10 Å². The summed E-state index contributed by atoms with van der Waals surface area (Å²) in [7, 11) is 0. The van der Waals surface area contributed by atoms with E-state index in [9.17, 15) is 0 Å². The molecule has 0 saturated carbocycles. The zero-order valence-electron chi connectivity index (χ0n) is 14.7. The molecule has 0 radical (unpaired) electrons. The molecule has 2 aromatic carbocycles. The van der Waals surface area contributed by atoms with E-state index in [-0.39, 0.29) is 0 Å². The average molecular weight is 361 g/mol. The first-order valence-corrected chi connectivity index (χ1v) is 9.50. The Bertz CT molecular complexity index is 1040. The highest BCUT2D eigenvalue weighted by atomic mass is 32.2. The molecule has 5 nitrogen and oxygen atoms in total. The number of nitrogens with zero attached hydrogens (tertiary/aromatic N) is 3. The molecular weight excluding hydrogens is 342 g/mol. The van der Waals surface area contributed by atoms with Crippen molar-refractivity contribution < 1.29 is 0 Å². The summed E-state index contributed by atoms with van der Waals surface area (Å²) in [6.45, 7) is 4.10. The molecule has 130 valence electrons. The van der Waals surface area contributed by atoms with Gasteiger partial charge in [0.05, 0.1) is 11.2 Å². The Kier molecular flexibility index (Phi) is 4.58. The minimum atomic E-state index is 0.704. The Balaban J connectivity index is 1.77. The standard InChI is InChI=1S/C20H19N5S/c1-3-26-15-10-8-14(9-11-15)19-21-17-7-5-4-6-16(17)20(23-19)22-18-12-13(2)24-25-18/h4-12H,3H2,1-2H3,(H2,21,22,23,24,25). The van der Waals surface area contributed by atoms with Crippen LogP contribution in [0.3, 0.4) is 0 Å². The van der Waals surface area contributed by atoms with Gasteiger partial charge in [0.2, 0.25) is 0 Å². The molecular formula is C20H19N5S. The lowest BCUT2D eigenvalue weighted by Crippen LogP contribution is -1.99. The minimum absolute atomic E-state index is 0.704. The fourth-order valence-electron chi connectivity index (χ4n) is 2.78. The van der Waals surface area contributed by atoms with E-state index in [1.54, 1.807) is 0 Å². The van der Waals surface area contributed by atoms with E-state index in [4.69, 9.17) is 9.97 Å². The maximum atomic E-state index is 4.77. The van der Waals surface area contributed by atoms with Crippen LogP contribution in [0.15, 0.2) is 59.5 Å². The largest absolute Gasteiger partial charge is 0.325 e. The van der Waals surface area contributed by atoms with Gasteiger partial charge in [0.25, 0.3) is 0 Å². The molecule has 0 spiro atoms. The SMILES string of the molecule is CCSc1ccc(-c2nc(Nc3cc(C)n[nH]3)c3ccccc3n2)cc1. The van der Waals surface area contributed by atoms with Gasteiger partial charge in [0.15, 0.2) is 5.82 Å². The normalized spacial score (nSPS) is 11.0. The lowest BCUT2D eigenvalue weighted by Gasteiger charge is -2.10. The van der Waals surface area contributed by atoms with Gasteiger partial charge in [-0.15, -0.1) is 11.8 Å². The van der Waals surface area contributed by atoms with Crippen LogP contribution in [-0.2, 0) is 0 Å². The van der Waals surface area contributed by atoms with Crippen LogP contribution in [0.5, 0.6) is 0 Å². The van der Waals surface area contributed by atoms with Gasteiger partial charge < -0.3 is 5.32 Å². The highest BCUT2D eigenvalue weighted by Crippen LogP contribution is 2.28. The summed E-state index contributed by atoms with van der Waals surface area (Å²) < 4.78 is 0. The summed E-state index contributed by atoms with van der Waals surface area (Å²) in [4.78, 5) is 10.8. The highest BCUT2D eigenvalue weighted by molar-refractivity contribution is 7.99. The van der Waals surface area contributed by atoms with Crippen molar-refractivity contribution in [3.05, 3.63) is 60.3 Å². The van der Waals surface area contributed by atoms with E-state index in [0.717, 1.165) is 39.5 Å². The maximum Gasteiger partial charge on any atom is 0.162 e. The van der Waals surface area contributed by atoms with E-state index in [0.29, 0.717) is 5.82 Å². The molecule has 0 amide bonds. The van der Waals surface area contributed by atoms with Crippen molar-refractivity contribution in [1.82, 2.24) is 20.2 Å². The number of thioether (sulfide) groups is 1. The smallest absolute Gasteiger partial charge is 0.162 e. The second kappa shape index (κ2) is 7.17. The zero-order chi connectivity index (χ0) is 17.9. The molecule has 0 saturated heterocycles. The van der Waals surface area contributed by atoms with Crippen molar-refractivity contribution in [1.29, 1.82) is 0 Å². The van der Waals surface area contributed by atoms with Gasteiger partial charge in [-0.25, -0.2) is 9.97 Å². The lowest BCUT2D eigenvalue weighted by molar-refractivity contribution is 1.05. The van der Waals surface area contributed by atoms with E-state index >= 15 is 0 Å². The van der Waals surface area contributed by atoms with E-state index < -0.39 is 0 Å². The number of hydrogen-bond donors (Lipinski definition) is 2. The van der Waals surface area contributed by atoms with Crippen molar-refractivity contribution in [2.75, 3.05) is 11.1 Å². The number of fused-ring (bicyclic) bond motifs is 1. The van der Waals surface area contributed by atoms with Crippen LogP contribution < -0.4 is 5.32 Å². The van der Waals surface area contributed by atoms with Crippen molar-refractivity contribution >= 4 is 34.3 Å².